The van der Waals surface area contributed by atoms with Gasteiger partial charge in [0, 0.05) is 12.2 Å². The van der Waals surface area contributed by atoms with Crippen LogP contribution in [0.5, 0.6) is 0 Å². The second kappa shape index (κ2) is 4.65. The molecule has 1 saturated carbocycles. The van der Waals surface area contributed by atoms with Gasteiger partial charge in [0.15, 0.2) is 0 Å². The third-order valence-corrected chi connectivity index (χ3v) is 3.51. The van der Waals surface area contributed by atoms with Gasteiger partial charge in [-0.1, -0.05) is 6.42 Å². The number of carboxylic acids is 1. The van der Waals surface area contributed by atoms with Gasteiger partial charge >= 0.3 is 5.97 Å². The number of hydrogen-bond donors (Lipinski definition) is 2. The first kappa shape index (κ1) is 12.4. The fourth-order valence-corrected chi connectivity index (χ4v) is 2.10. The normalized spacial score (nSPS) is 16.4. The minimum Gasteiger partial charge on any atom is -0.481 e. The average Bonchev–Trinajstić information content (AvgIpc) is 2.27. The molecule has 94 valence electrons. The number of aryl methyl sites for hydroxylation is 1. The first-order valence-corrected chi connectivity index (χ1v) is 5.92. The number of pyridine rings is 1. The summed E-state index contributed by atoms with van der Waals surface area (Å²) < 4.78 is 0. The number of rotatable bonds is 4. The van der Waals surface area contributed by atoms with Crippen LogP contribution in [-0.2, 0) is 4.79 Å². The van der Waals surface area contributed by atoms with Crippen molar-refractivity contribution in [3.8, 4) is 6.07 Å². The summed E-state index contributed by atoms with van der Waals surface area (Å²) in [6, 6.07) is 5.51. The summed E-state index contributed by atoms with van der Waals surface area (Å²) in [5.41, 5.74) is 0.563. The molecule has 0 saturated heterocycles. The minimum atomic E-state index is -0.771. The van der Waals surface area contributed by atoms with E-state index >= 15 is 0 Å². The molecule has 1 fully saturated rings. The van der Waals surface area contributed by atoms with Crippen LogP contribution < -0.4 is 5.32 Å². The lowest BCUT2D eigenvalue weighted by Crippen LogP contribution is -2.43. The molecule has 0 unspecified atom stereocenters. The zero-order chi connectivity index (χ0) is 13.2. The monoisotopic (exact) mass is 245 g/mol. The molecule has 5 heteroatoms. The van der Waals surface area contributed by atoms with Crippen molar-refractivity contribution in [3.63, 3.8) is 0 Å². The van der Waals surface area contributed by atoms with E-state index in [0.29, 0.717) is 30.8 Å². The fourth-order valence-electron chi connectivity index (χ4n) is 2.10. The van der Waals surface area contributed by atoms with Crippen LogP contribution in [0.15, 0.2) is 12.1 Å². The second-order valence-electron chi connectivity index (χ2n) is 4.75. The molecule has 0 aliphatic heterocycles. The first-order valence-electron chi connectivity index (χ1n) is 5.92. The van der Waals surface area contributed by atoms with E-state index in [9.17, 15) is 9.90 Å². The molecule has 18 heavy (non-hydrogen) atoms. The third kappa shape index (κ3) is 2.14. The number of nitrogens with zero attached hydrogens (tertiary/aromatic N) is 2. The Labute approximate surface area is 105 Å². The van der Waals surface area contributed by atoms with Crippen LogP contribution in [0, 0.1) is 23.7 Å². The number of carbonyl (C=O) groups is 1. The number of nitrogens with one attached hydrogen (secondary N) is 1. The van der Waals surface area contributed by atoms with Crippen molar-refractivity contribution in [3.05, 3.63) is 23.4 Å². The fraction of sp³-hybridized carbons (Fsp3) is 0.462. The molecule has 5 nitrogen and oxygen atoms in total. The summed E-state index contributed by atoms with van der Waals surface area (Å²) in [4.78, 5) is 15.5. The summed E-state index contributed by atoms with van der Waals surface area (Å²) in [5, 5.41) is 21.2. The van der Waals surface area contributed by atoms with Crippen molar-refractivity contribution in [2.45, 2.75) is 26.2 Å². The Morgan fingerprint density at radius 3 is 2.83 bits per heavy atom. The number of carboxylic acid groups (broad SMARTS) is 1. The Bertz CT molecular complexity index is 515. The van der Waals surface area contributed by atoms with Crippen LogP contribution in [0.25, 0.3) is 0 Å². The van der Waals surface area contributed by atoms with Crippen molar-refractivity contribution in [2.75, 3.05) is 11.9 Å². The van der Waals surface area contributed by atoms with E-state index in [2.05, 4.69) is 16.4 Å². The van der Waals surface area contributed by atoms with Gasteiger partial charge in [-0.2, -0.15) is 5.26 Å². The highest BCUT2D eigenvalue weighted by Gasteiger charge is 2.44. The van der Waals surface area contributed by atoms with E-state index in [4.69, 9.17) is 5.26 Å². The number of aromatic nitrogens is 1. The van der Waals surface area contributed by atoms with Crippen LogP contribution in [0.2, 0.25) is 0 Å². The number of nitriles is 1. The van der Waals surface area contributed by atoms with E-state index < -0.39 is 11.4 Å². The molecule has 2 rings (SSSR count). The number of anilines is 1. The van der Waals surface area contributed by atoms with E-state index in [-0.39, 0.29) is 0 Å². The summed E-state index contributed by atoms with van der Waals surface area (Å²) in [7, 11) is 0. The van der Waals surface area contributed by atoms with Gasteiger partial charge in [-0.15, -0.1) is 0 Å². The Balaban J connectivity index is 2.13. The van der Waals surface area contributed by atoms with Gasteiger partial charge in [-0.05, 0) is 31.9 Å². The van der Waals surface area contributed by atoms with Crippen LogP contribution in [0.4, 0.5) is 5.82 Å². The topological polar surface area (TPSA) is 86.0 Å². The van der Waals surface area contributed by atoms with Gasteiger partial charge in [0.1, 0.15) is 11.9 Å². The predicted octanol–water partition coefficient (Wildman–Crippen LogP) is 1.93. The molecule has 1 aliphatic rings. The number of hydrogen-bond acceptors (Lipinski definition) is 4. The lowest BCUT2D eigenvalue weighted by atomic mass is 9.69. The molecule has 1 aliphatic carbocycles. The molecule has 0 atom stereocenters. The highest BCUT2D eigenvalue weighted by molar-refractivity contribution is 5.76. The zero-order valence-corrected chi connectivity index (χ0v) is 10.2. The molecule has 1 aromatic heterocycles. The van der Waals surface area contributed by atoms with Crippen LogP contribution >= 0.6 is 0 Å². The maximum atomic E-state index is 11.2. The molecule has 0 radical (unpaired) electrons. The molecule has 0 bridgehead atoms. The van der Waals surface area contributed by atoms with Gasteiger partial charge in [0.25, 0.3) is 0 Å². The summed E-state index contributed by atoms with van der Waals surface area (Å²) in [5.74, 6) is -0.294. The van der Waals surface area contributed by atoms with Crippen molar-refractivity contribution < 1.29 is 9.90 Å². The maximum Gasteiger partial charge on any atom is 0.311 e. The summed E-state index contributed by atoms with van der Waals surface area (Å²) >= 11 is 0. The summed E-state index contributed by atoms with van der Waals surface area (Å²) in [6.45, 7) is 2.16. The largest absolute Gasteiger partial charge is 0.481 e. The molecular formula is C13H15N3O2. The van der Waals surface area contributed by atoms with Crippen molar-refractivity contribution in [1.82, 2.24) is 4.98 Å². The van der Waals surface area contributed by atoms with Gasteiger partial charge in [0.05, 0.1) is 11.0 Å². The lowest BCUT2D eigenvalue weighted by molar-refractivity contribution is -0.153. The van der Waals surface area contributed by atoms with Gasteiger partial charge < -0.3 is 10.4 Å². The van der Waals surface area contributed by atoms with E-state index in [1.54, 1.807) is 12.1 Å². The lowest BCUT2D eigenvalue weighted by Gasteiger charge is -2.37. The highest BCUT2D eigenvalue weighted by atomic mass is 16.4. The van der Waals surface area contributed by atoms with Crippen molar-refractivity contribution in [1.29, 1.82) is 5.26 Å². The van der Waals surface area contributed by atoms with Gasteiger partial charge in [-0.3, -0.25) is 4.79 Å². The van der Waals surface area contributed by atoms with Gasteiger partial charge in [0.2, 0.25) is 0 Å². The van der Waals surface area contributed by atoms with E-state index in [0.717, 1.165) is 12.1 Å². The van der Waals surface area contributed by atoms with Crippen molar-refractivity contribution >= 4 is 11.8 Å². The van der Waals surface area contributed by atoms with Crippen LogP contribution in [0.1, 0.15) is 30.5 Å². The third-order valence-electron chi connectivity index (χ3n) is 3.51. The smallest absolute Gasteiger partial charge is 0.311 e. The van der Waals surface area contributed by atoms with Gasteiger partial charge in [-0.25, -0.2) is 4.98 Å². The molecule has 0 amide bonds. The predicted molar refractivity (Wildman–Crippen MR) is 66.1 cm³/mol. The minimum absolute atomic E-state index is 0.327. The Morgan fingerprint density at radius 1 is 1.61 bits per heavy atom. The molecular weight excluding hydrogens is 230 g/mol. The number of aliphatic carboxylic acids is 1. The van der Waals surface area contributed by atoms with E-state index in [1.165, 1.54) is 0 Å². The van der Waals surface area contributed by atoms with E-state index in [1.807, 2.05) is 6.92 Å². The Kier molecular flexibility index (Phi) is 3.19. The SMILES string of the molecule is Cc1ccc(C#N)c(NCC2(C(=O)O)CCC2)n1. The standard InChI is InChI=1S/C13H15N3O2/c1-9-3-4-10(7-14)11(16-9)15-8-13(12(17)18)5-2-6-13/h3-4H,2,5-6,8H2,1H3,(H,15,16)(H,17,18). The average molecular weight is 245 g/mol. The second-order valence-corrected chi connectivity index (χ2v) is 4.75. The zero-order valence-electron chi connectivity index (χ0n) is 10.2. The Hall–Kier alpha value is -2.09. The highest BCUT2D eigenvalue weighted by Crippen LogP contribution is 2.41. The molecule has 1 aromatic rings. The molecule has 0 spiro atoms. The summed E-state index contributed by atoms with van der Waals surface area (Å²) in [6.07, 6.45) is 2.31. The van der Waals surface area contributed by atoms with Crippen LogP contribution in [0.3, 0.4) is 0 Å². The molecule has 1 heterocycles. The first-order chi connectivity index (χ1) is 8.57. The Morgan fingerprint density at radius 2 is 2.33 bits per heavy atom. The molecule has 2 N–H and O–H groups in total. The molecule has 0 aromatic carbocycles. The van der Waals surface area contributed by atoms with Crippen LogP contribution in [-0.4, -0.2) is 22.6 Å². The maximum absolute atomic E-state index is 11.2. The van der Waals surface area contributed by atoms with Crippen molar-refractivity contribution in [2.24, 2.45) is 5.41 Å². The quantitative estimate of drug-likeness (QED) is 0.846.